The van der Waals surface area contributed by atoms with Crippen LogP contribution in [0, 0.1) is 0 Å². The van der Waals surface area contributed by atoms with E-state index in [-0.39, 0.29) is 18.3 Å². The summed E-state index contributed by atoms with van der Waals surface area (Å²) in [4.78, 5) is 0. The highest BCUT2D eigenvalue weighted by Gasteiger charge is 2.28. The van der Waals surface area contributed by atoms with Gasteiger partial charge in [-0.2, -0.15) is 10.6 Å². The Balaban J connectivity index is 5.41. The van der Waals surface area contributed by atoms with Gasteiger partial charge >= 0.3 is 0 Å². The Bertz CT molecular complexity index is 663. The van der Waals surface area contributed by atoms with E-state index in [0.29, 0.717) is 5.94 Å². The highest BCUT2D eigenvalue weighted by Crippen LogP contribution is 2.54. The predicted molar refractivity (Wildman–Crippen MR) is 209 cm³/mol. The number of hydrogen-bond donors (Lipinski definition) is 0. The van der Waals surface area contributed by atoms with E-state index in [9.17, 15) is 0 Å². The van der Waals surface area contributed by atoms with E-state index in [4.69, 9.17) is 13.1 Å². The molecule has 0 heterocycles. The first-order valence-electron chi connectivity index (χ1n) is 19.2. The van der Waals surface area contributed by atoms with E-state index < -0.39 is 10.6 Å². The molecule has 0 aliphatic carbocycles. The van der Waals surface area contributed by atoms with Crippen molar-refractivity contribution in [3.05, 3.63) is 36.5 Å². The number of halogens is 1. The van der Waals surface area contributed by atoms with E-state index in [2.05, 4.69) is 93.9 Å². The minimum atomic E-state index is -1.83. The van der Waals surface area contributed by atoms with E-state index in [1.165, 1.54) is 96.3 Å². The van der Waals surface area contributed by atoms with Crippen molar-refractivity contribution in [3.63, 3.8) is 0 Å². The molecule has 0 aromatic rings. The van der Waals surface area contributed by atoms with Crippen molar-refractivity contribution < 1.29 is 13.1 Å². The van der Waals surface area contributed by atoms with Crippen LogP contribution >= 0.6 is 26.5 Å². The van der Waals surface area contributed by atoms with Gasteiger partial charge in [-0.05, 0) is 111 Å². The molecule has 0 radical (unpaired) electrons. The highest BCUT2D eigenvalue weighted by molar-refractivity contribution is 9.09. The average Bonchev–Trinajstić information content (AvgIpc) is 3.02. The van der Waals surface area contributed by atoms with Gasteiger partial charge in [0, 0.05) is 11.1 Å². The number of ether oxygens (including phenoxy) is 1. The van der Waals surface area contributed by atoms with Gasteiger partial charge in [0.05, 0.1) is 18.3 Å². The third-order valence-electron chi connectivity index (χ3n) is 8.19. The van der Waals surface area contributed by atoms with Crippen LogP contribution in [0.15, 0.2) is 36.5 Å². The number of allylic oxidation sites excluding steroid dienone is 6. The molecule has 0 amide bonds. The fourth-order valence-corrected chi connectivity index (χ4v) is 8.57. The van der Waals surface area contributed by atoms with Gasteiger partial charge in [0.15, 0.2) is 0 Å². The zero-order chi connectivity index (χ0) is 33.3. The molecule has 0 spiro atoms. The second-order valence-corrected chi connectivity index (χ2v) is 16.4. The van der Waals surface area contributed by atoms with Crippen LogP contribution in [0.4, 0.5) is 0 Å². The van der Waals surface area contributed by atoms with Crippen LogP contribution in [0.25, 0.3) is 0 Å². The van der Waals surface area contributed by atoms with Crippen molar-refractivity contribution >= 4 is 26.5 Å². The van der Waals surface area contributed by atoms with Crippen molar-refractivity contribution in [1.29, 1.82) is 0 Å². The van der Waals surface area contributed by atoms with E-state index in [1.54, 1.807) is 0 Å². The van der Waals surface area contributed by atoms with E-state index >= 15 is 0 Å². The highest BCUT2D eigenvalue weighted by atomic mass is 79.9. The van der Waals surface area contributed by atoms with Crippen molar-refractivity contribution in [1.82, 2.24) is 0 Å². The molecule has 0 aromatic heterocycles. The molecule has 3 atom stereocenters. The Hall–Kier alpha value is -0.0700. The molecule has 45 heavy (non-hydrogen) atoms. The van der Waals surface area contributed by atoms with Crippen LogP contribution in [0.1, 0.15) is 183 Å². The molecule has 3 nitrogen and oxygen atoms in total. The third-order valence-corrected chi connectivity index (χ3v) is 11.5. The van der Waals surface area contributed by atoms with Crippen LogP contribution in [0.3, 0.4) is 0 Å². The van der Waals surface area contributed by atoms with Crippen LogP contribution < -0.4 is 0 Å². The molecule has 0 saturated heterocycles. The summed E-state index contributed by atoms with van der Waals surface area (Å²) in [6, 6.07) is 0. The SMILES string of the molecule is CCCCC/C=C\CCC(C)OCS(CCCCCCBr)(OC(C)CC/C=C\CCCCC)OC(C)CC/C=C\CCCCC. The summed E-state index contributed by atoms with van der Waals surface area (Å²) >= 11 is 3.60. The Kier molecular flexibility index (Phi) is 33.8. The zero-order valence-corrected chi connectivity index (χ0v) is 33.3. The van der Waals surface area contributed by atoms with Gasteiger partial charge in [-0.3, -0.25) is 8.37 Å². The minimum Gasteiger partial charge on any atom is -0.358 e. The first-order chi connectivity index (χ1) is 21.9. The fourth-order valence-electron chi connectivity index (χ4n) is 5.24. The maximum absolute atomic E-state index is 7.02. The Labute approximate surface area is 293 Å². The lowest BCUT2D eigenvalue weighted by atomic mass is 10.1. The Morgan fingerprint density at radius 3 is 1.31 bits per heavy atom. The average molecular weight is 718 g/mol. The lowest BCUT2D eigenvalue weighted by Crippen LogP contribution is -2.27. The summed E-state index contributed by atoms with van der Waals surface area (Å²) in [5.74, 6) is 1.55. The molecule has 5 heteroatoms. The standard InChI is InChI=1S/C40H77BrO3S/c1-7-10-13-16-19-22-27-32-38(4)42-37-45(36-31-26-25-30-35-41,43-39(5)33-28-23-20-17-14-11-8-2)44-40(6)34-29-24-21-18-15-12-9-3/h19-24,38-40H,7-18,25-37H2,1-6H3/b22-19-,23-20-,24-21-. The smallest absolute Gasteiger partial charge is 0.136 e. The third kappa shape index (κ3) is 29.8. The minimum absolute atomic E-state index is 0.151. The van der Waals surface area contributed by atoms with E-state index in [1.807, 2.05) is 0 Å². The van der Waals surface area contributed by atoms with Crippen molar-refractivity contribution in [2.24, 2.45) is 0 Å². The molecule has 268 valence electrons. The summed E-state index contributed by atoms with van der Waals surface area (Å²) < 4.78 is 20.7. The second kappa shape index (κ2) is 33.8. The molecule has 0 aliphatic rings. The maximum Gasteiger partial charge on any atom is 0.136 e. The molecule has 0 bridgehead atoms. The summed E-state index contributed by atoms with van der Waals surface area (Å²) in [5.41, 5.74) is 0. The van der Waals surface area contributed by atoms with Gasteiger partial charge in [0.25, 0.3) is 0 Å². The first kappa shape index (κ1) is 44.9. The second-order valence-electron chi connectivity index (χ2n) is 13.1. The number of rotatable bonds is 34. The first-order valence-corrected chi connectivity index (χ1v) is 22.1. The van der Waals surface area contributed by atoms with Crippen LogP contribution in [0.5, 0.6) is 0 Å². The van der Waals surface area contributed by atoms with Gasteiger partial charge < -0.3 is 4.74 Å². The summed E-state index contributed by atoms with van der Waals surface area (Å²) in [5, 5.41) is 1.08. The quantitative estimate of drug-likeness (QED) is 0.0377. The Morgan fingerprint density at radius 1 is 0.489 bits per heavy atom. The molecule has 0 fully saturated rings. The monoisotopic (exact) mass is 716 g/mol. The van der Waals surface area contributed by atoms with Gasteiger partial charge in [0.2, 0.25) is 0 Å². The number of hydrogen-bond acceptors (Lipinski definition) is 3. The van der Waals surface area contributed by atoms with E-state index in [0.717, 1.165) is 56.0 Å². The lowest BCUT2D eigenvalue weighted by Gasteiger charge is -2.46. The normalized spacial score (nSPS) is 16.5. The van der Waals surface area contributed by atoms with Gasteiger partial charge in [-0.15, -0.1) is 0 Å². The van der Waals surface area contributed by atoms with Crippen molar-refractivity contribution in [2.45, 2.75) is 201 Å². The molecule has 0 aromatic carbocycles. The molecule has 0 N–H and O–H groups in total. The van der Waals surface area contributed by atoms with Crippen molar-refractivity contribution in [3.8, 4) is 0 Å². The summed E-state index contributed by atoms with van der Waals surface area (Å²) in [7, 11) is -1.83. The van der Waals surface area contributed by atoms with Gasteiger partial charge in [0.1, 0.15) is 5.94 Å². The van der Waals surface area contributed by atoms with Crippen LogP contribution in [0.2, 0.25) is 0 Å². The molecular formula is C40H77BrO3S. The maximum atomic E-state index is 7.02. The molecule has 0 aliphatic heterocycles. The molecule has 0 saturated carbocycles. The Morgan fingerprint density at radius 2 is 0.889 bits per heavy atom. The van der Waals surface area contributed by atoms with Gasteiger partial charge in [-0.25, -0.2) is 0 Å². The van der Waals surface area contributed by atoms with Crippen LogP contribution in [-0.2, 0) is 13.1 Å². The van der Waals surface area contributed by atoms with Gasteiger partial charge in [-0.1, -0.05) is 125 Å². The lowest BCUT2D eigenvalue weighted by molar-refractivity contribution is 0.0721. The molecular weight excluding hydrogens is 640 g/mol. The molecule has 0 rings (SSSR count). The van der Waals surface area contributed by atoms with Crippen molar-refractivity contribution in [2.75, 3.05) is 17.0 Å². The topological polar surface area (TPSA) is 27.7 Å². The summed E-state index contributed by atoms with van der Waals surface area (Å²) in [6.45, 7) is 13.5. The number of alkyl halides is 1. The largest absolute Gasteiger partial charge is 0.358 e. The fraction of sp³-hybridized carbons (Fsp3) is 0.850. The molecule has 3 unspecified atom stereocenters. The predicted octanol–water partition coefficient (Wildman–Crippen LogP) is 14.5. The zero-order valence-electron chi connectivity index (χ0n) is 30.9. The summed E-state index contributed by atoms with van der Waals surface area (Å²) in [6.07, 6.45) is 41.1. The number of unbranched alkanes of at least 4 members (excludes halogenated alkanes) is 12. The van der Waals surface area contributed by atoms with Crippen LogP contribution in [-0.4, -0.2) is 35.3 Å².